The molecule has 50 heavy (non-hydrogen) atoms. The first-order valence-electron chi connectivity index (χ1n) is 18.9. The van der Waals surface area contributed by atoms with Crippen LogP contribution in [0.15, 0.2) is 54.7 Å². The fourth-order valence-corrected chi connectivity index (χ4v) is 6.21. The van der Waals surface area contributed by atoms with Gasteiger partial charge >= 0.3 is 0 Å². The van der Waals surface area contributed by atoms with E-state index >= 15 is 0 Å². The molecule has 3 aliphatic rings. The van der Waals surface area contributed by atoms with Crippen LogP contribution in [0.4, 0.5) is 17.3 Å². The van der Waals surface area contributed by atoms with E-state index in [9.17, 15) is 10.1 Å². The van der Waals surface area contributed by atoms with Gasteiger partial charge in [-0.25, -0.2) is 4.98 Å². The molecule has 8 nitrogen and oxygen atoms in total. The number of allylic oxidation sites excluding steroid dienone is 1. The van der Waals surface area contributed by atoms with Crippen LogP contribution in [0.3, 0.4) is 0 Å². The maximum absolute atomic E-state index is 10.5. The zero-order valence-corrected chi connectivity index (χ0v) is 32.9. The number of aromatic nitrogens is 1. The van der Waals surface area contributed by atoms with Gasteiger partial charge in [0.1, 0.15) is 24.0 Å². The van der Waals surface area contributed by atoms with Gasteiger partial charge in [0.2, 0.25) is 0 Å². The Morgan fingerprint density at radius 1 is 0.840 bits per heavy atom. The van der Waals surface area contributed by atoms with E-state index in [0.29, 0.717) is 6.42 Å². The molecule has 0 unspecified atom stereocenters. The van der Waals surface area contributed by atoms with Gasteiger partial charge in [-0.3, -0.25) is 0 Å². The Kier molecular flexibility index (Phi) is 18.4. The summed E-state index contributed by atoms with van der Waals surface area (Å²) in [5.74, 6) is 2.79. The molecule has 1 aromatic heterocycles. The van der Waals surface area contributed by atoms with Gasteiger partial charge in [-0.2, -0.15) is 5.26 Å². The Morgan fingerprint density at radius 3 is 1.94 bits per heavy atom. The van der Waals surface area contributed by atoms with Crippen molar-refractivity contribution >= 4 is 34.4 Å². The summed E-state index contributed by atoms with van der Waals surface area (Å²) in [6.45, 7) is 31.7. The highest BCUT2D eigenvalue weighted by molar-refractivity contribution is 5.94. The van der Waals surface area contributed by atoms with E-state index in [1.165, 1.54) is 22.0 Å². The minimum Gasteiger partial charge on any atom is -0.372 e. The predicted octanol–water partition coefficient (Wildman–Crippen LogP) is 8.39. The smallest absolute Gasteiger partial charge is 0.149 e. The van der Waals surface area contributed by atoms with Gasteiger partial charge in [0.15, 0.2) is 0 Å². The lowest BCUT2D eigenvalue weighted by Gasteiger charge is -2.41. The fraction of sp³-hybridized carbons (Fsp3) is 0.548. The van der Waals surface area contributed by atoms with Crippen molar-refractivity contribution in [3.8, 4) is 6.07 Å². The lowest BCUT2D eigenvalue weighted by atomic mass is 9.94. The highest BCUT2D eigenvalue weighted by Gasteiger charge is 2.32. The number of pyridine rings is 1. The molecule has 4 heterocycles. The molecule has 0 radical (unpaired) electrons. The van der Waals surface area contributed by atoms with E-state index in [4.69, 9.17) is 4.98 Å². The zero-order valence-electron chi connectivity index (χ0n) is 32.9. The van der Waals surface area contributed by atoms with Crippen LogP contribution >= 0.6 is 0 Å². The molecular weight excluding hydrogens is 619 g/mol. The number of aldehydes is 1. The minimum atomic E-state index is 0.639. The molecule has 8 heteroatoms. The number of hydrogen-bond donors (Lipinski definition) is 0. The number of carbonyl (C=O) groups is 1. The lowest BCUT2D eigenvalue weighted by molar-refractivity contribution is -0.107. The first kappa shape index (κ1) is 42.1. The normalized spacial score (nSPS) is 15.5. The molecule has 3 aromatic rings. The third-order valence-corrected chi connectivity index (χ3v) is 8.66. The third-order valence-electron chi connectivity index (χ3n) is 8.66. The van der Waals surface area contributed by atoms with Crippen LogP contribution in [0.2, 0.25) is 0 Å². The van der Waals surface area contributed by atoms with Crippen molar-refractivity contribution in [2.24, 2.45) is 5.92 Å². The van der Waals surface area contributed by atoms with Gasteiger partial charge in [-0.1, -0.05) is 98.4 Å². The molecule has 2 saturated heterocycles. The molecule has 0 N–H and O–H groups in total. The predicted molar refractivity (Wildman–Crippen MR) is 216 cm³/mol. The number of nitrogens with zero attached hydrogens (tertiary/aromatic N) is 7. The Labute approximate surface area is 304 Å². The number of fused-ring (bicyclic) bond motifs is 2. The average Bonchev–Trinajstić information content (AvgIpc) is 3.15. The van der Waals surface area contributed by atoms with Crippen molar-refractivity contribution < 1.29 is 4.79 Å². The third kappa shape index (κ3) is 11.2. The lowest BCUT2D eigenvalue weighted by Crippen LogP contribution is -2.48. The topological polar surface area (TPSA) is 70.0 Å². The van der Waals surface area contributed by atoms with Gasteiger partial charge in [0.05, 0.1) is 5.56 Å². The van der Waals surface area contributed by atoms with Gasteiger partial charge < -0.3 is 29.3 Å². The molecule has 0 spiro atoms. The highest BCUT2D eigenvalue weighted by atomic mass is 16.1. The number of benzene rings is 2. The second kappa shape index (κ2) is 21.9. The van der Waals surface area contributed by atoms with Crippen molar-refractivity contribution in [3.05, 3.63) is 71.4 Å². The molecule has 2 fully saturated rings. The van der Waals surface area contributed by atoms with Gasteiger partial charge in [-0.15, -0.1) is 0 Å². The molecule has 274 valence electrons. The average molecular weight is 684 g/mol. The summed E-state index contributed by atoms with van der Waals surface area (Å²) in [6, 6.07) is 17.7. The van der Waals surface area contributed by atoms with Crippen LogP contribution in [0, 0.1) is 17.2 Å². The van der Waals surface area contributed by atoms with Gasteiger partial charge in [0, 0.05) is 94.2 Å². The number of nitriles is 1. The first-order chi connectivity index (χ1) is 24.2. The summed E-state index contributed by atoms with van der Waals surface area (Å²) in [5.41, 5.74) is 5.56. The first-order valence-corrected chi connectivity index (χ1v) is 18.9. The summed E-state index contributed by atoms with van der Waals surface area (Å²) in [4.78, 5) is 26.4. The number of rotatable bonds is 5. The van der Waals surface area contributed by atoms with Crippen molar-refractivity contribution in [3.63, 3.8) is 0 Å². The van der Waals surface area contributed by atoms with Crippen LogP contribution < -0.4 is 14.7 Å². The Bertz CT molecular complexity index is 1500. The van der Waals surface area contributed by atoms with Crippen molar-refractivity contribution in [1.29, 1.82) is 5.26 Å². The summed E-state index contributed by atoms with van der Waals surface area (Å²) in [7, 11) is 2.16. The number of piperazine rings is 2. The fourth-order valence-electron chi connectivity index (χ4n) is 6.21. The standard InChI is InChI=1S/C31H37N7.C4H10.C3H6O.2C2H6/c1-23(2)35-17-19-37(20-18-35)30-26-11-12-38(29-10-6-8-24-7-4-5-9-25(24)29)22-28(26)27(21-32)31(33-30)36-15-13-34(3)14-16-36;1-4(2)3;1-2-3-4;2*1-2/h4-10H,1,11-20,22H2,2-3H3;4H,1-3H3;3H,2H2,1H3;2*1-2H3. The Hall–Kier alpha value is -4.09. The van der Waals surface area contributed by atoms with Gasteiger partial charge in [-0.05, 0) is 43.3 Å². The second-order valence-electron chi connectivity index (χ2n) is 13.2. The molecule has 0 atom stereocenters. The van der Waals surface area contributed by atoms with E-state index in [-0.39, 0.29) is 0 Å². The van der Waals surface area contributed by atoms with Gasteiger partial charge in [0.25, 0.3) is 0 Å². The molecule has 2 aromatic carbocycles. The van der Waals surface area contributed by atoms with Crippen LogP contribution in [-0.4, -0.2) is 87.0 Å². The van der Waals surface area contributed by atoms with Crippen LogP contribution in [0.5, 0.6) is 0 Å². The van der Waals surface area contributed by atoms with Crippen LogP contribution in [0.1, 0.15) is 85.4 Å². The molecule has 0 bridgehead atoms. The monoisotopic (exact) mass is 684 g/mol. The highest BCUT2D eigenvalue weighted by Crippen LogP contribution is 2.38. The van der Waals surface area contributed by atoms with Crippen LogP contribution in [0.25, 0.3) is 10.8 Å². The molecule has 6 rings (SSSR count). The number of hydrogen-bond acceptors (Lipinski definition) is 8. The maximum Gasteiger partial charge on any atom is 0.149 e. The summed E-state index contributed by atoms with van der Waals surface area (Å²) in [5, 5.41) is 13.0. The van der Waals surface area contributed by atoms with Crippen molar-refractivity contribution in [2.45, 2.75) is 81.7 Å². The quantitative estimate of drug-likeness (QED) is 0.249. The summed E-state index contributed by atoms with van der Waals surface area (Å²) < 4.78 is 0. The number of likely N-dealkylation sites (N-methyl/N-ethyl adjacent to an activating group) is 1. The Balaban J connectivity index is 0.000000638. The van der Waals surface area contributed by atoms with E-state index in [0.717, 1.165) is 113 Å². The SMILES string of the molecule is C=C(C)N1CCN(c2nc(N3CCN(C)CC3)c(C#N)c3c2CCN(c2cccc4ccccc24)C3)CC1.CC.CC.CC(C)C.CCC=O. The van der Waals surface area contributed by atoms with Crippen molar-refractivity contribution in [1.82, 2.24) is 14.8 Å². The molecule has 3 aliphatic heterocycles. The largest absolute Gasteiger partial charge is 0.372 e. The molecule has 0 saturated carbocycles. The number of carbonyl (C=O) groups excluding carboxylic acids is 1. The molecule has 0 aliphatic carbocycles. The van der Waals surface area contributed by atoms with Crippen molar-refractivity contribution in [2.75, 3.05) is 80.7 Å². The molecular formula is C42H65N7O. The van der Waals surface area contributed by atoms with E-state index in [2.05, 4.69) is 114 Å². The van der Waals surface area contributed by atoms with E-state index < -0.39 is 0 Å². The summed E-state index contributed by atoms with van der Waals surface area (Å²) >= 11 is 0. The van der Waals surface area contributed by atoms with E-state index in [1.54, 1.807) is 0 Å². The van der Waals surface area contributed by atoms with Crippen LogP contribution in [-0.2, 0) is 17.8 Å². The molecule has 0 amide bonds. The zero-order chi connectivity index (χ0) is 37.2. The second-order valence-corrected chi connectivity index (χ2v) is 13.2. The van der Waals surface area contributed by atoms with E-state index in [1.807, 2.05) is 34.6 Å². The summed E-state index contributed by atoms with van der Waals surface area (Å²) in [6.07, 6.45) is 2.40. The Morgan fingerprint density at radius 2 is 1.38 bits per heavy atom. The maximum atomic E-state index is 10.5. The number of anilines is 3. The minimum absolute atomic E-state index is 0.639.